The summed E-state index contributed by atoms with van der Waals surface area (Å²) in [4.78, 5) is 0. The summed E-state index contributed by atoms with van der Waals surface area (Å²) in [5, 5.41) is 0. The van der Waals surface area contributed by atoms with E-state index in [0.29, 0.717) is 11.1 Å². The van der Waals surface area contributed by atoms with Gasteiger partial charge in [-0.2, -0.15) is 0 Å². The summed E-state index contributed by atoms with van der Waals surface area (Å²) in [5.74, 6) is -0.845. The van der Waals surface area contributed by atoms with Gasteiger partial charge < -0.3 is 0 Å². The average molecular weight is 200 g/mol. The summed E-state index contributed by atoms with van der Waals surface area (Å²) in [6, 6.07) is 2.29. The lowest BCUT2D eigenvalue weighted by molar-refractivity contribution is 0.562. The van der Waals surface area contributed by atoms with Gasteiger partial charge in [-0.05, 0) is 30.0 Å². The van der Waals surface area contributed by atoms with Gasteiger partial charge in [-0.3, -0.25) is 0 Å². The number of hydrogen-bond acceptors (Lipinski definition) is 0. The molecule has 0 aliphatic rings. The van der Waals surface area contributed by atoms with Crippen molar-refractivity contribution in [3.63, 3.8) is 0 Å². The molecule has 1 rings (SSSR count). The zero-order valence-electron chi connectivity index (χ0n) is 9.49. The zero-order valence-corrected chi connectivity index (χ0v) is 9.49. The van der Waals surface area contributed by atoms with Crippen LogP contribution >= 0.6 is 0 Å². The fourth-order valence-corrected chi connectivity index (χ4v) is 1.44. The second-order valence-corrected chi connectivity index (χ2v) is 3.27. The Morgan fingerprint density at radius 1 is 1.07 bits per heavy atom. The van der Waals surface area contributed by atoms with Crippen molar-refractivity contribution in [2.45, 2.75) is 40.5 Å². The predicted molar refractivity (Wildman–Crippen MR) is 56.5 cm³/mol. The van der Waals surface area contributed by atoms with Gasteiger partial charge in [-0.25, -0.2) is 8.78 Å². The fraction of sp³-hybridized carbons (Fsp3) is 0.500. The smallest absolute Gasteiger partial charge is 0.129 e. The summed E-state index contributed by atoms with van der Waals surface area (Å²) in [7, 11) is 0. The third-order valence-electron chi connectivity index (χ3n) is 1.88. The molecule has 0 aliphatic heterocycles. The Labute approximate surface area is 85.0 Å². The monoisotopic (exact) mass is 200 g/mol. The minimum Gasteiger partial charge on any atom is -0.207 e. The Bertz CT molecular complexity index is 267. The normalized spacial score (nSPS) is 9.71. The molecule has 0 radical (unpaired) electrons. The van der Waals surface area contributed by atoms with Gasteiger partial charge in [-0.15, -0.1) is 0 Å². The Morgan fingerprint density at radius 2 is 1.57 bits per heavy atom. The predicted octanol–water partition coefficient (Wildman–Crippen LogP) is 4.42. The van der Waals surface area contributed by atoms with Gasteiger partial charge in [0, 0.05) is 6.07 Å². The highest BCUT2D eigenvalue weighted by atomic mass is 19.1. The van der Waals surface area contributed by atoms with Crippen molar-refractivity contribution in [2.24, 2.45) is 0 Å². The van der Waals surface area contributed by atoms with Crippen LogP contribution in [0.5, 0.6) is 0 Å². The molecule has 1 aromatic rings. The molecule has 0 aliphatic carbocycles. The summed E-state index contributed by atoms with van der Waals surface area (Å²) in [5.41, 5.74) is 1.29. The number of aryl methyl sites for hydroxylation is 1. The molecule has 0 N–H and O–H groups in total. The molecule has 0 heterocycles. The van der Waals surface area contributed by atoms with Crippen molar-refractivity contribution < 1.29 is 8.78 Å². The van der Waals surface area contributed by atoms with Gasteiger partial charge in [0.05, 0.1) is 0 Å². The Morgan fingerprint density at radius 3 is 1.93 bits per heavy atom. The fourth-order valence-electron chi connectivity index (χ4n) is 1.44. The van der Waals surface area contributed by atoms with Gasteiger partial charge >= 0.3 is 0 Å². The maximum Gasteiger partial charge on any atom is 0.129 e. The molecule has 0 unspecified atom stereocenters. The molecular weight excluding hydrogens is 182 g/mol. The van der Waals surface area contributed by atoms with Crippen molar-refractivity contribution >= 4 is 0 Å². The summed E-state index contributed by atoms with van der Waals surface area (Å²) >= 11 is 0. The largest absolute Gasteiger partial charge is 0.207 e. The highest BCUT2D eigenvalue weighted by molar-refractivity contribution is 5.30. The van der Waals surface area contributed by atoms with Gasteiger partial charge in [0.1, 0.15) is 11.6 Å². The Hall–Kier alpha value is -0.920. The highest BCUT2D eigenvalue weighted by Crippen LogP contribution is 2.23. The van der Waals surface area contributed by atoms with Crippen LogP contribution in [-0.2, 0) is 0 Å². The van der Waals surface area contributed by atoms with Crippen LogP contribution in [0.1, 0.15) is 44.7 Å². The lowest BCUT2D eigenvalue weighted by Crippen LogP contribution is -1.97. The number of halogens is 2. The molecule has 0 spiro atoms. The summed E-state index contributed by atoms with van der Waals surface area (Å²) in [6.07, 6.45) is 0. The van der Waals surface area contributed by atoms with E-state index in [0.717, 1.165) is 6.07 Å². The van der Waals surface area contributed by atoms with Crippen molar-refractivity contribution in [3.05, 3.63) is 34.9 Å². The molecule has 0 amide bonds. The van der Waals surface area contributed by atoms with Crippen LogP contribution in [0, 0.1) is 18.6 Å². The van der Waals surface area contributed by atoms with Crippen LogP contribution in [0.2, 0.25) is 0 Å². The van der Waals surface area contributed by atoms with E-state index in [9.17, 15) is 8.78 Å². The molecule has 0 saturated carbocycles. The van der Waals surface area contributed by atoms with Gasteiger partial charge in [-0.1, -0.05) is 27.7 Å². The van der Waals surface area contributed by atoms with Gasteiger partial charge in [0.15, 0.2) is 0 Å². The number of hydrogen-bond donors (Lipinski definition) is 0. The molecule has 14 heavy (non-hydrogen) atoms. The molecule has 0 atom stereocenters. The second-order valence-electron chi connectivity index (χ2n) is 3.27. The van der Waals surface area contributed by atoms with Crippen molar-refractivity contribution in [3.8, 4) is 0 Å². The third kappa shape index (κ3) is 3.09. The van der Waals surface area contributed by atoms with E-state index in [2.05, 4.69) is 0 Å². The summed E-state index contributed by atoms with van der Waals surface area (Å²) in [6.45, 7) is 9.51. The van der Waals surface area contributed by atoms with Crippen molar-refractivity contribution in [2.75, 3.05) is 0 Å². The molecule has 0 saturated heterocycles. The lowest BCUT2D eigenvalue weighted by atomic mass is 9.97. The molecule has 1 aromatic carbocycles. The number of benzene rings is 1. The molecular formula is C12H18F2. The summed E-state index contributed by atoms with van der Waals surface area (Å²) < 4.78 is 25.8. The SMILES string of the molecule is CC.Cc1cc(F)cc(F)c1C(C)C. The van der Waals surface area contributed by atoms with E-state index in [-0.39, 0.29) is 5.92 Å². The van der Waals surface area contributed by atoms with E-state index >= 15 is 0 Å². The standard InChI is InChI=1S/C10H12F2.C2H6/c1-6(2)10-7(3)4-8(11)5-9(10)12;1-2/h4-6H,1-3H3;1-2H3. The van der Waals surface area contributed by atoms with Gasteiger partial charge in [0.25, 0.3) is 0 Å². The van der Waals surface area contributed by atoms with Crippen molar-refractivity contribution in [1.82, 2.24) is 0 Å². The first kappa shape index (κ1) is 13.1. The lowest BCUT2D eigenvalue weighted by Gasteiger charge is -2.10. The van der Waals surface area contributed by atoms with Crippen molar-refractivity contribution in [1.29, 1.82) is 0 Å². The second kappa shape index (κ2) is 5.74. The average Bonchev–Trinajstić information content (AvgIpc) is 2.04. The van der Waals surface area contributed by atoms with Crippen LogP contribution in [0.4, 0.5) is 8.78 Å². The van der Waals surface area contributed by atoms with Crippen LogP contribution in [0.15, 0.2) is 12.1 Å². The Kier molecular flexibility index (Phi) is 5.36. The topological polar surface area (TPSA) is 0 Å². The first-order valence-electron chi connectivity index (χ1n) is 4.98. The molecule has 0 fully saturated rings. The molecule has 80 valence electrons. The van der Waals surface area contributed by atoms with E-state index < -0.39 is 11.6 Å². The molecule has 0 nitrogen and oxygen atoms in total. The molecule has 0 bridgehead atoms. The minimum atomic E-state index is -0.505. The quantitative estimate of drug-likeness (QED) is 0.629. The van der Waals surface area contributed by atoms with E-state index in [4.69, 9.17) is 0 Å². The maximum atomic E-state index is 13.1. The third-order valence-corrected chi connectivity index (χ3v) is 1.88. The first-order valence-corrected chi connectivity index (χ1v) is 4.98. The van der Waals surface area contributed by atoms with Crippen LogP contribution < -0.4 is 0 Å². The maximum absolute atomic E-state index is 13.1. The highest BCUT2D eigenvalue weighted by Gasteiger charge is 2.10. The van der Waals surface area contributed by atoms with Crippen LogP contribution in [-0.4, -0.2) is 0 Å². The zero-order chi connectivity index (χ0) is 11.3. The van der Waals surface area contributed by atoms with Crippen LogP contribution in [0.25, 0.3) is 0 Å². The van der Waals surface area contributed by atoms with E-state index in [1.807, 2.05) is 27.7 Å². The van der Waals surface area contributed by atoms with E-state index in [1.54, 1.807) is 6.92 Å². The van der Waals surface area contributed by atoms with Gasteiger partial charge in [0.2, 0.25) is 0 Å². The van der Waals surface area contributed by atoms with Crippen LogP contribution in [0.3, 0.4) is 0 Å². The van der Waals surface area contributed by atoms with E-state index in [1.165, 1.54) is 6.07 Å². The molecule has 2 heteroatoms. The Balaban J connectivity index is 0.000000791. The number of rotatable bonds is 1. The molecule has 0 aromatic heterocycles. The minimum absolute atomic E-state index is 0.102. The first-order chi connectivity index (χ1) is 6.52.